The molecule has 0 saturated heterocycles. The lowest BCUT2D eigenvalue weighted by Gasteiger charge is -2.00. The predicted octanol–water partition coefficient (Wildman–Crippen LogP) is 2.64. The van der Waals surface area contributed by atoms with Crippen LogP contribution in [0, 0.1) is 11.6 Å². The van der Waals surface area contributed by atoms with Crippen LogP contribution in [-0.4, -0.2) is 17.9 Å². The monoisotopic (exact) mass is 226 g/mol. The van der Waals surface area contributed by atoms with E-state index in [1.165, 1.54) is 23.9 Å². The molecule has 0 aliphatic carbocycles. The third-order valence-corrected chi connectivity index (χ3v) is 2.77. The van der Waals surface area contributed by atoms with Gasteiger partial charge in [-0.15, -0.1) is 0 Å². The summed E-state index contributed by atoms with van der Waals surface area (Å²) in [4.78, 5) is 8.06. The highest BCUT2D eigenvalue weighted by molar-refractivity contribution is 8.13. The second-order valence-corrected chi connectivity index (χ2v) is 3.94. The van der Waals surface area contributed by atoms with Gasteiger partial charge in [-0.2, -0.15) is 0 Å². The summed E-state index contributed by atoms with van der Waals surface area (Å²) in [5.41, 5.74) is 0.599. The molecule has 0 saturated carbocycles. The molecule has 0 amide bonds. The van der Waals surface area contributed by atoms with Gasteiger partial charge in [-0.05, 0) is 17.7 Å². The molecule has 1 aromatic carbocycles. The number of nitrogens with zero attached hydrogens (tertiary/aromatic N) is 2. The summed E-state index contributed by atoms with van der Waals surface area (Å²) < 4.78 is 25.6. The van der Waals surface area contributed by atoms with Gasteiger partial charge in [-0.3, -0.25) is 4.99 Å². The van der Waals surface area contributed by atoms with Gasteiger partial charge in [-0.1, -0.05) is 11.8 Å². The summed E-state index contributed by atoms with van der Waals surface area (Å²) in [6.45, 7) is 0.597. The highest BCUT2D eigenvalue weighted by Crippen LogP contribution is 2.18. The molecule has 2 nitrogen and oxygen atoms in total. The van der Waals surface area contributed by atoms with Gasteiger partial charge in [0.25, 0.3) is 0 Å². The summed E-state index contributed by atoms with van der Waals surface area (Å²) >= 11 is 1.37. The fourth-order valence-corrected chi connectivity index (χ4v) is 1.98. The van der Waals surface area contributed by atoms with Gasteiger partial charge in [0, 0.05) is 18.0 Å². The topological polar surface area (TPSA) is 24.7 Å². The van der Waals surface area contributed by atoms with Crippen molar-refractivity contribution in [3.63, 3.8) is 0 Å². The van der Waals surface area contributed by atoms with Gasteiger partial charge in [0.05, 0.1) is 6.54 Å². The Hall–Kier alpha value is -1.23. The third kappa shape index (κ3) is 2.86. The van der Waals surface area contributed by atoms with Crippen molar-refractivity contribution in [3.05, 3.63) is 35.4 Å². The second-order valence-electron chi connectivity index (χ2n) is 3.00. The molecule has 0 N–H and O–H groups in total. The number of hydrogen-bond acceptors (Lipinski definition) is 3. The van der Waals surface area contributed by atoms with Gasteiger partial charge >= 0.3 is 0 Å². The molecule has 2 rings (SSSR count). The van der Waals surface area contributed by atoms with Crippen LogP contribution in [0.3, 0.4) is 0 Å². The first-order valence-corrected chi connectivity index (χ1v) is 5.37. The molecule has 0 unspecified atom stereocenters. The normalized spacial score (nSPS) is 14.4. The first-order valence-electron chi connectivity index (χ1n) is 4.39. The third-order valence-electron chi connectivity index (χ3n) is 1.80. The Morgan fingerprint density at radius 2 is 1.93 bits per heavy atom. The van der Waals surface area contributed by atoms with Crippen molar-refractivity contribution >= 4 is 23.1 Å². The molecule has 1 aliphatic heterocycles. The van der Waals surface area contributed by atoms with Crippen LogP contribution in [0.25, 0.3) is 0 Å². The average Bonchev–Trinajstić information content (AvgIpc) is 2.65. The van der Waals surface area contributed by atoms with Gasteiger partial charge in [-0.25, -0.2) is 13.8 Å². The molecule has 0 aromatic heterocycles. The van der Waals surface area contributed by atoms with Gasteiger partial charge in [0.15, 0.2) is 5.17 Å². The smallest absolute Gasteiger partial charge is 0.183 e. The summed E-state index contributed by atoms with van der Waals surface area (Å²) in [5.74, 6) is -0.630. The van der Waals surface area contributed by atoms with Crippen molar-refractivity contribution < 1.29 is 8.78 Å². The Kier molecular flexibility index (Phi) is 3.11. The van der Waals surface area contributed by atoms with Crippen LogP contribution in [0.15, 0.2) is 28.2 Å². The highest BCUT2D eigenvalue weighted by Gasteiger charge is 2.05. The van der Waals surface area contributed by atoms with E-state index >= 15 is 0 Å². The fourth-order valence-electron chi connectivity index (χ4n) is 1.20. The highest BCUT2D eigenvalue weighted by atomic mass is 32.2. The lowest BCUT2D eigenvalue weighted by Crippen LogP contribution is -1.89. The Balaban J connectivity index is 2.01. The molecular weight excluding hydrogens is 218 g/mol. The zero-order valence-corrected chi connectivity index (χ0v) is 8.60. The first-order chi connectivity index (χ1) is 7.24. The van der Waals surface area contributed by atoms with E-state index in [0.29, 0.717) is 23.0 Å². The Bertz CT molecular complexity index is 409. The summed E-state index contributed by atoms with van der Waals surface area (Å²) in [6.07, 6.45) is 1.70. The molecule has 15 heavy (non-hydrogen) atoms. The van der Waals surface area contributed by atoms with Crippen molar-refractivity contribution in [1.29, 1.82) is 0 Å². The van der Waals surface area contributed by atoms with E-state index in [0.717, 1.165) is 6.07 Å². The van der Waals surface area contributed by atoms with Crippen LogP contribution in [0.4, 0.5) is 8.78 Å². The van der Waals surface area contributed by atoms with Crippen molar-refractivity contribution in [1.82, 2.24) is 0 Å². The van der Waals surface area contributed by atoms with E-state index < -0.39 is 11.6 Å². The largest absolute Gasteiger partial charge is 0.255 e. The molecule has 5 heteroatoms. The van der Waals surface area contributed by atoms with Crippen LogP contribution in [0.2, 0.25) is 0 Å². The molecular formula is C10H8F2N2S. The van der Waals surface area contributed by atoms with E-state index in [4.69, 9.17) is 0 Å². The first kappa shape index (κ1) is 10.3. The molecule has 0 radical (unpaired) electrons. The number of halogens is 2. The van der Waals surface area contributed by atoms with Crippen LogP contribution >= 0.6 is 11.8 Å². The van der Waals surface area contributed by atoms with Crippen LogP contribution in [0.1, 0.15) is 5.56 Å². The molecule has 1 heterocycles. The van der Waals surface area contributed by atoms with Crippen LogP contribution in [0.5, 0.6) is 0 Å². The van der Waals surface area contributed by atoms with E-state index in [1.54, 1.807) is 6.21 Å². The zero-order chi connectivity index (χ0) is 10.7. The Labute approximate surface area is 90.1 Å². The quantitative estimate of drug-likeness (QED) is 0.760. The van der Waals surface area contributed by atoms with Gasteiger partial charge in [0.2, 0.25) is 0 Å². The summed E-state index contributed by atoms with van der Waals surface area (Å²) in [5, 5.41) is 0.666. The predicted molar refractivity (Wildman–Crippen MR) is 58.4 cm³/mol. The number of rotatable bonds is 2. The zero-order valence-electron chi connectivity index (χ0n) is 7.78. The van der Waals surface area contributed by atoms with Crippen molar-refractivity contribution in [2.24, 2.45) is 9.98 Å². The number of aliphatic imine (C=N–C) groups is 2. The SMILES string of the molecule is Fc1cc(F)cc(CSC2=NCC=N2)c1. The van der Waals surface area contributed by atoms with E-state index in [-0.39, 0.29) is 0 Å². The van der Waals surface area contributed by atoms with Crippen LogP contribution < -0.4 is 0 Å². The molecule has 0 bridgehead atoms. The lowest BCUT2D eigenvalue weighted by molar-refractivity contribution is 0.581. The number of benzene rings is 1. The van der Waals surface area contributed by atoms with Crippen molar-refractivity contribution in [3.8, 4) is 0 Å². The maximum Gasteiger partial charge on any atom is 0.183 e. The average molecular weight is 226 g/mol. The molecule has 1 aromatic rings. The Morgan fingerprint density at radius 1 is 1.20 bits per heavy atom. The number of hydrogen-bond donors (Lipinski definition) is 0. The van der Waals surface area contributed by atoms with Crippen molar-refractivity contribution in [2.45, 2.75) is 5.75 Å². The molecule has 78 valence electrons. The van der Waals surface area contributed by atoms with Crippen molar-refractivity contribution in [2.75, 3.05) is 6.54 Å². The minimum atomic E-state index is -0.553. The van der Waals surface area contributed by atoms with E-state index in [1.807, 2.05) is 0 Å². The van der Waals surface area contributed by atoms with E-state index in [9.17, 15) is 8.78 Å². The molecule has 0 atom stereocenters. The summed E-state index contributed by atoms with van der Waals surface area (Å²) in [6, 6.07) is 3.49. The maximum absolute atomic E-state index is 12.8. The minimum absolute atomic E-state index is 0.477. The minimum Gasteiger partial charge on any atom is -0.255 e. The van der Waals surface area contributed by atoms with E-state index in [2.05, 4.69) is 9.98 Å². The summed E-state index contributed by atoms with van der Waals surface area (Å²) in [7, 11) is 0. The number of amidine groups is 1. The Morgan fingerprint density at radius 3 is 2.53 bits per heavy atom. The maximum atomic E-state index is 12.8. The van der Waals surface area contributed by atoms with Gasteiger partial charge < -0.3 is 0 Å². The molecule has 1 aliphatic rings. The fraction of sp³-hybridized carbons (Fsp3) is 0.200. The van der Waals surface area contributed by atoms with Crippen LogP contribution in [-0.2, 0) is 5.75 Å². The second kappa shape index (κ2) is 4.53. The molecule has 0 fully saturated rings. The molecule has 0 spiro atoms. The lowest BCUT2D eigenvalue weighted by atomic mass is 10.2. The van der Waals surface area contributed by atoms with Gasteiger partial charge in [0.1, 0.15) is 11.6 Å². The number of thioether (sulfide) groups is 1. The standard InChI is InChI=1S/C10H8F2N2S/c11-8-3-7(4-9(12)5-8)6-15-10-13-1-2-14-10/h1,3-5H,2,6H2.